The van der Waals surface area contributed by atoms with Gasteiger partial charge in [-0.25, -0.2) is 0 Å². The molecule has 0 saturated heterocycles. The maximum atomic E-state index is 11.8. The van der Waals surface area contributed by atoms with Crippen molar-refractivity contribution < 1.29 is 4.79 Å². The van der Waals surface area contributed by atoms with Crippen LogP contribution in [-0.2, 0) is 0 Å². The fourth-order valence-electron chi connectivity index (χ4n) is 1.90. The largest absolute Gasteiger partial charge is 0.352 e. The predicted molar refractivity (Wildman–Crippen MR) is 79.2 cm³/mol. The Morgan fingerprint density at radius 3 is 2.00 bits per heavy atom. The van der Waals surface area contributed by atoms with Crippen molar-refractivity contribution in [1.29, 1.82) is 0 Å². The number of carbonyl (C=O) groups is 1. The van der Waals surface area contributed by atoms with Crippen LogP contribution in [0.4, 0.5) is 0 Å². The van der Waals surface area contributed by atoms with Crippen LogP contribution in [-0.4, -0.2) is 12.5 Å². The van der Waals surface area contributed by atoms with E-state index in [-0.39, 0.29) is 5.91 Å². The van der Waals surface area contributed by atoms with Crippen molar-refractivity contribution in [1.82, 2.24) is 5.32 Å². The lowest BCUT2D eigenvalue weighted by Crippen LogP contribution is -2.23. The van der Waals surface area contributed by atoms with Gasteiger partial charge in [0.05, 0.1) is 0 Å². The van der Waals surface area contributed by atoms with Crippen molar-refractivity contribution >= 4 is 5.91 Å². The molecule has 1 N–H and O–H groups in total. The summed E-state index contributed by atoms with van der Waals surface area (Å²) in [5.41, 5.74) is 4.27. The summed E-state index contributed by atoms with van der Waals surface area (Å²) in [6, 6.07) is 16.1. The van der Waals surface area contributed by atoms with Gasteiger partial charge < -0.3 is 5.32 Å². The number of carbonyl (C=O) groups excluding carboxylic acids is 1. The number of hydrogen-bond donors (Lipinski definition) is 1. The molecule has 1 amide bonds. The topological polar surface area (TPSA) is 29.1 Å². The Morgan fingerprint density at radius 2 is 1.47 bits per heavy atom. The minimum Gasteiger partial charge on any atom is -0.352 e. The van der Waals surface area contributed by atoms with Gasteiger partial charge in [-0.2, -0.15) is 0 Å². The molecule has 0 saturated carbocycles. The van der Waals surface area contributed by atoms with E-state index < -0.39 is 0 Å². The van der Waals surface area contributed by atoms with Crippen molar-refractivity contribution in [3.05, 3.63) is 59.7 Å². The Bertz CT molecular complexity index is 540. The second kappa shape index (κ2) is 6.19. The Kier molecular flexibility index (Phi) is 4.35. The highest BCUT2D eigenvalue weighted by Gasteiger charge is 2.04. The quantitative estimate of drug-likeness (QED) is 0.882. The summed E-state index contributed by atoms with van der Waals surface area (Å²) >= 11 is 0. The zero-order chi connectivity index (χ0) is 13.7. The molecule has 0 bridgehead atoms. The highest BCUT2D eigenvalue weighted by Crippen LogP contribution is 2.20. The summed E-state index contributed by atoms with van der Waals surface area (Å²) in [5, 5.41) is 2.88. The number of benzene rings is 2. The molecule has 0 radical (unpaired) electrons. The summed E-state index contributed by atoms with van der Waals surface area (Å²) < 4.78 is 0. The molecule has 0 aliphatic rings. The number of hydrogen-bond acceptors (Lipinski definition) is 1. The van der Waals surface area contributed by atoms with Crippen LogP contribution in [0.1, 0.15) is 29.3 Å². The van der Waals surface area contributed by atoms with Gasteiger partial charge in [0, 0.05) is 12.1 Å². The lowest BCUT2D eigenvalue weighted by molar-refractivity contribution is 0.0953. The Balaban J connectivity index is 2.14. The van der Waals surface area contributed by atoms with E-state index >= 15 is 0 Å². The molecule has 0 heterocycles. The van der Waals surface area contributed by atoms with Crippen LogP contribution >= 0.6 is 0 Å². The van der Waals surface area contributed by atoms with Gasteiger partial charge in [0.1, 0.15) is 0 Å². The molecule has 19 heavy (non-hydrogen) atoms. The Labute approximate surface area is 114 Å². The van der Waals surface area contributed by atoms with Gasteiger partial charge in [0.2, 0.25) is 0 Å². The van der Waals surface area contributed by atoms with Gasteiger partial charge in [-0.05, 0) is 36.6 Å². The standard InChI is InChI=1S/C17H19NO/c1-3-12-18-17(19)16-10-8-15(9-11-16)14-6-4-13(2)5-7-14/h4-11H,3,12H2,1-2H3,(H,18,19). The predicted octanol–water partition coefficient (Wildman–Crippen LogP) is 3.80. The van der Waals surface area contributed by atoms with Gasteiger partial charge in [-0.15, -0.1) is 0 Å². The molecule has 0 fully saturated rings. The third-order valence-electron chi connectivity index (χ3n) is 3.07. The molecule has 0 aromatic heterocycles. The van der Waals surface area contributed by atoms with E-state index in [1.807, 2.05) is 31.2 Å². The van der Waals surface area contributed by atoms with Gasteiger partial charge in [0.25, 0.3) is 5.91 Å². The van der Waals surface area contributed by atoms with Crippen LogP contribution in [0.3, 0.4) is 0 Å². The van der Waals surface area contributed by atoms with Crippen LogP contribution in [0.2, 0.25) is 0 Å². The summed E-state index contributed by atoms with van der Waals surface area (Å²) in [4.78, 5) is 11.8. The van der Waals surface area contributed by atoms with Crippen molar-refractivity contribution in [3.8, 4) is 11.1 Å². The van der Waals surface area contributed by atoms with Crippen LogP contribution in [0.25, 0.3) is 11.1 Å². The molecular weight excluding hydrogens is 234 g/mol. The van der Waals surface area contributed by atoms with Gasteiger partial charge in [-0.1, -0.05) is 48.9 Å². The highest BCUT2D eigenvalue weighted by molar-refractivity contribution is 5.94. The minimum atomic E-state index is -0.00249. The first-order valence-corrected chi connectivity index (χ1v) is 6.66. The molecule has 0 aliphatic heterocycles. The molecule has 0 unspecified atom stereocenters. The monoisotopic (exact) mass is 253 g/mol. The SMILES string of the molecule is CCCNC(=O)c1ccc(-c2ccc(C)cc2)cc1. The Hall–Kier alpha value is -2.09. The highest BCUT2D eigenvalue weighted by atomic mass is 16.1. The van der Waals surface area contributed by atoms with Gasteiger partial charge in [0.15, 0.2) is 0 Å². The van der Waals surface area contributed by atoms with E-state index in [0.29, 0.717) is 5.56 Å². The van der Waals surface area contributed by atoms with Crippen LogP contribution in [0, 0.1) is 6.92 Å². The van der Waals surface area contributed by atoms with Crippen LogP contribution in [0.5, 0.6) is 0 Å². The number of rotatable bonds is 4. The molecule has 98 valence electrons. The third-order valence-corrected chi connectivity index (χ3v) is 3.07. The molecule has 2 aromatic rings. The minimum absolute atomic E-state index is 0.00249. The number of amides is 1. The molecule has 2 nitrogen and oxygen atoms in total. The molecule has 2 rings (SSSR count). The first kappa shape index (κ1) is 13.3. The summed E-state index contributed by atoms with van der Waals surface area (Å²) in [7, 11) is 0. The molecule has 2 heteroatoms. The van der Waals surface area contributed by atoms with Gasteiger partial charge in [-0.3, -0.25) is 4.79 Å². The summed E-state index contributed by atoms with van der Waals surface area (Å²) in [5.74, 6) is -0.00249. The number of aryl methyl sites for hydroxylation is 1. The molecule has 2 aromatic carbocycles. The first-order valence-electron chi connectivity index (χ1n) is 6.66. The lowest BCUT2D eigenvalue weighted by Gasteiger charge is -2.06. The second-order valence-corrected chi connectivity index (χ2v) is 4.70. The van der Waals surface area contributed by atoms with E-state index in [0.717, 1.165) is 18.5 Å². The average molecular weight is 253 g/mol. The lowest BCUT2D eigenvalue weighted by atomic mass is 10.0. The normalized spacial score (nSPS) is 10.2. The summed E-state index contributed by atoms with van der Waals surface area (Å²) in [6.45, 7) is 4.84. The molecule has 0 aliphatic carbocycles. The fourth-order valence-corrected chi connectivity index (χ4v) is 1.90. The molecule has 0 atom stereocenters. The van der Waals surface area contributed by atoms with E-state index in [1.54, 1.807) is 0 Å². The first-order chi connectivity index (χ1) is 9.20. The average Bonchev–Trinajstić information content (AvgIpc) is 2.46. The van der Waals surface area contributed by atoms with Crippen molar-refractivity contribution in [2.75, 3.05) is 6.54 Å². The summed E-state index contributed by atoms with van der Waals surface area (Å²) in [6.07, 6.45) is 0.952. The maximum absolute atomic E-state index is 11.8. The van der Waals surface area contributed by atoms with Crippen LogP contribution < -0.4 is 5.32 Å². The zero-order valence-corrected chi connectivity index (χ0v) is 11.4. The second-order valence-electron chi connectivity index (χ2n) is 4.70. The zero-order valence-electron chi connectivity index (χ0n) is 11.4. The third kappa shape index (κ3) is 3.44. The van der Waals surface area contributed by atoms with E-state index in [4.69, 9.17) is 0 Å². The van der Waals surface area contributed by atoms with E-state index in [9.17, 15) is 4.79 Å². The van der Waals surface area contributed by atoms with E-state index in [1.165, 1.54) is 11.1 Å². The van der Waals surface area contributed by atoms with Crippen molar-refractivity contribution in [3.63, 3.8) is 0 Å². The number of nitrogens with one attached hydrogen (secondary N) is 1. The van der Waals surface area contributed by atoms with Crippen LogP contribution in [0.15, 0.2) is 48.5 Å². The van der Waals surface area contributed by atoms with E-state index in [2.05, 4.69) is 36.5 Å². The van der Waals surface area contributed by atoms with Crippen molar-refractivity contribution in [2.24, 2.45) is 0 Å². The smallest absolute Gasteiger partial charge is 0.251 e. The Morgan fingerprint density at radius 1 is 0.947 bits per heavy atom. The fraction of sp³-hybridized carbons (Fsp3) is 0.235. The van der Waals surface area contributed by atoms with Crippen molar-refractivity contribution in [2.45, 2.75) is 20.3 Å². The molecular formula is C17H19NO. The molecule has 0 spiro atoms. The maximum Gasteiger partial charge on any atom is 0.251 e. The van der Waals surface area contributed by atoms with Gasteiger partial charge >= 0.3 is 0 Å².